The van der Waals surface area contributed by atoms with Crippen molar-refractivity contribution in [2.45, 2.75) is 50.5 Å². The molecule has 1 aromatic carbocycles. The van der Waals surface area contributed by atoms with E-state index in [1.54, 1.807) is 0 Å². The lowest BCUT2D eigenvalue weighted by Gasteiger charge is -2.40. The molecule has 2 heteroatoms. The number of aliphatic hydroxyl groups is 1. The van der Waals surface area contributed by atoms with E-state index < -0.39 is 5.60 Å². The summed E-state index contributed by atoms with van der Waals surface area (Å²) in [6, 6.07) is 10.5. The van der Waals surface area contributed by atoms with E-state index in [9.17, 15) is 5.11 Å². The molecule has 0 bridgehead atoms. The molecule has 1 aliphatic carbocycles. The highest BCUT2D eigenvalue weighted by Gasteiger charge is 2.41. The van der Waals surface area contributed by atoms with E-state index in [4.69, 9.17) is 0 Å². The van der Waals surface area contributed by atoms with Gasteiger partial charge in [-0.3, -0.25) is 0 Å². The van der Waals surface area contributed by atoms with Crippen molar-refractivity contribution in [2.75, 3.05) is 20.1 Å². The van der Waals surface area contributed by atoms with Gasteiger partial charge < -0.3 is 10.0 Å². The van der Waals surface area contributed by atoms with Gasteiger partial charge in [0.25, 0.3) is 0 Å². The number of benzene rings is 1. The molecule has 2 aliphatic rings. The Morgan fingerprint density at radius 2 is 1.81 bits per heavy atom. The zero-order valence-corrected chi connectivity index (χ0v) is 13.3. The lowest BCUT2D eigenvalue weighted by atomic mass is 9.69. The van der Waals surface area contributed by atoms with Crippen LogP contribution < -0.4 is 0 Å². The minimum absolute atomic E-state index is 0.444. The molecule has 0 unspecified atom stereocenters. The lowest BCUT2D eigenvalue weighted by molar-refractivity contribution is -0.0572. The number of rotatable bonds is 4. The topological polar surface area (TPSA) is 23.5 Å². The van der Waals surface area contributed by atoms with Crippen molar-refractivity contribution < 1.29 is 5.11 Å². The third-order valence-corrected chi connectivity index (χ3v) is 5.64. The van der Waals surface area contributed by atoms with Crippen molar-refractivity contribution >= 4 is 0 Å². The standard InChI is InChI=1S/C19H29NO/c1-20-13-12-16(15-20)14-19(21,17-8-4-2-5-9-17)18-10-6-3-7-11-18/h2,4-5,8-9,16,18,21H,3,6-7,10-15H2,1H3/t16-,19-/m1/s1. The van der Waals surface area contributed by atoms with E-state index in [1.807, 2.05) is 6.07 Å². The highest BCUT2D eigenvalue weighted by Crippen LogP contribution is 2.44. The average Bonchev–Trinajstić information content (AvgIpc) is 2.94. The summed E-state index contributed by atoms with van der Waals surface area (Å²) in [7, 11) is 2.20. The lowest BCUT2D eigenvalue weighted by Crippen LogP contribution is -2.38. The van der Waals surface area contributed by atoms with Crippen molar-refractivity contribution in [3.05, 3.63) is 35.9 Å². The Morgan fingerprint density at radius 3 is 2.43 bits per heavy atom. The summed E-state index contributed by atoms with van der Waals surface area (Å²) in [5.74, 6) is 1.08. The molecule has 116 valence electrons. The van der Waals surface area contributed by atoms with Crippen LogP contribution in [-0.2, 0) is 5.60 Å². The predicted molar refractivity (Wildman–Crippen MR) is 87.1 cm³/mol. The second-order valence-electron chi connectivity index (χ2n) is 7.25. The average molecular weight is 287 g/mol. The molecule has 2 atom stereocenters. The van der Waals surface area contributed by atoms with E-state index >= 15 is 0 Å². The second kappa shape index (κ2) is 6.50. The maximum absolute atomic E-state index is 11.6. The number of nitrogens with zero attached hydrogens (tertiary/aromatic N) is 1. The molecule has 1 heterocycles. The first-order valence-electron chi connectivity index (χ1n) is 8.65. The van der Waals surface area contributed by atoms with Crippen LogP contribution >= 0.6 is 0 Å². The highest BCUT2D eigenvalue weighted by molar-refractivity contribution is 5.24. The van der Waals surface area contributed by atoms with Crippen LogP contribution in [0.15, 0.2) is 30.3 Å². The Bertz CT molecular complexity index is 440. The summed E-state index contributed by atoms with van der Waals surface area (Å²) in [6.07, 6.45) is 8.45. The number of hydrogen-bond donors (Lipinski definition) is 1. The smallest absolute Gasteiger partial charge is 0.0927 e. The molecule has 1 saturated carbocycles. The maximum atomic E-state index is 11.6. The zero-order chi connectivity index (χ0) is 14.7. The molecular weight excluding hydrogens is 258 g/mol. The Kier molecular flexibility index (Phi) is 4.66. The van der Waals surface area contributed by atoms with Gasteiger partial charge in [0.05, 0.1) is 5.60 Å². The summed E-state index contributed by atoms with van der Waals surface area (Å²) in [6.45, 7) is 2.32. The Labute approximate surface area is 129 Å². The Balaban J connectivity index is 1.83. The summed E-state index contributed by atoms with van der Waals surface area (Å²) < 4.78 is 0. The van der Waals surface area contributed by atoms with Gasteiger partial charge in [-0.2, -0.15) is 0 Å². The van der Waals surface area contributed by atoms with Crippen molar-refractivity contribution in [3.8, 4) is 0 Å². The van der Waals surface area contributed by atoms with Gasteiger partial charge >= 0.3 is 0 Å². The van der Waals surface area contributed by atoms with Gasteiger partial charge in [0.15, 0.2) is 0 Å². The molecule has 0 spiro atoms. The Morgan fingerprint density at radius 1 is 1.10 bits per heavy atom. The molecule has 0 aromatic heterocycles. The van der Waals surface area contributed by atoms with Gasteiger partial charge in [-0.05, 0) is 56.7 Å². The molecule has 1 aromatic rings. The van der Waals surface area contributed by atoms with Crippen molar-refractivity contribution in [2.24, 2.45) is 11.8 Å². The van der Waals surface area contributed by atoms with Crippen LogP contribution in [0.1, 0.15) is 50.5 Å². The van der Waals surface area contributed by atoms with Crippen LogP contribution in [0.25, 0.3) is 0 Å². The summed E-state index contributed by atoms with van der Waals surface area (Å²) >= 11 is 0. The highest BCUT2D eigenvalue weighted by atomic mass is 16.3. The van der Waals surface area contributed by atoms with Crippen LogP contribution in [0.3, 0.4) is 0 Å². The fourth-order valence-electron chi connectivity index (χ4n) is 4.46. The van der Waals surface area contributed by atoms with Gasteiger partial charge in [-0.15, -0.1) is 0 Å². The van der Waals surface area contributed by atoms with Gasteiger partial charge in [0.1, 0.15) is 0 Å². The monoisotopic (exact) mass is 287 g/mol. The summed E-state index contributed by atoms with van der Waals surface area (Å²) in [4.78, 5) is 2.40. The van der Waals surface area contributed by atoms with E-state index in [0.29, 0.717) is 11.8 Å². The Hall–Kier alpha value is -0.860. The van der Waals surface area contributed by atoms with Crippen LogP contribution in [0.2, 0.25) is 0 Å². The van der Waals surface area contributed by atoms with Crippen LogP contribution in [0, 0.1) is 11.8 Å². The largest absolute Gasteiger partial charge is 0.385 e. The van der Waals surface area contributed by atoms with E-state index in [1.165, 1.54) is 45.1 Å². The number of hydrogen-bond acceptors (Lipinski definition) is 2. The first kappa shape index (κ1) is 15.1. The fourth-order valence-corrected chi connectivity index (χ4v) is 4.46. The van der Waals surface area contributed by atoms with Crippen LogP contribution in [0.4, 0.5) is 0 Å². The van der Waals surface area contributed by atoms with E-state index in [0.717, 1.165) is 18.5 Å². The SMILES string of the molecule is CN1CC[C@H](C[C@@](O)(c2ccccc2)C2CCCCC2)C1. The van der Waals surface area contributed by atoms with Crippen LogP contribution in [-0.4, -0.2) is 30.1 Å². The van der Waals surface area contributed by atoms with Crippen molar-refractivity contribution in [3.63, 3.8) is 0 Å². The molecule has 3 rings (SSSR count). The summed E-state index contributed by atoms with van der Waals surface area (Å²) in [5, 5.41) is 11.6. The van der Waals surface area contributed by atoms with Gasteiger partial charge in [-0.25, -0.2) is 0 Å². The van der Waals surface area contributed by atoms with Gasteiger partial charge in [0, 0.05) is 6.54 Å². The molecule has 0 amide bonds. The van der Waals surface area contributed by atoms with Gasteiger partial charge in [0.2, 0.25) is 0 Å². The van der Waals surface area contributed by atoms with Crippen molar-refractivity contribution in [1.29, 1.82) is 0 Å². The minimum Gasteiger partial charge on any atom is -0.385 e. The van der Waals surface area contributed by atoms with Crippen LogP contribution in [0.5, 0.6) is 0 Å². The molecule has 2 fully saturated rings. The molecular formula is C19H29NO. The summed E-state index contributed by atoms with van der Waals surface area (Å²) in [5.41, 5.74) is 0.531. The molecule has 0 radical (unpaired) electrons. The van der Waals surface area contributed by atoms with E-state index in [-0.39, 0.29) is 0 Å². The third kappa shape index (κ3) is 3.32. The van der Waals surface area contributed by atoms with Crippen molar-refractivity contribution in [1.82, 2.24) is 4.90 Å². The fraction of sp³-hybridized carbons (Fsp3) is 0.684. The first-order chi connectivity index (χ1) is 10.2. The van der Waals surface area contributed by atoms with E-state index in [2.05, 4.69) is 36.2 Å². The second-order valence-corrected chi connectivity index (χ2v) is 7.25. The molecule has 2 nitrogen and oxygen atoms in total. The van der Waals surface area contributed by atoms with Gasteiger partial charge in [-0.1, -0.05) is 49.6 Å². The minimum atomic E-state index is -0.614. The predicted octanol–water partition coefficient (Wildman–Crippen LogP) is 3.80. The normalized spacial score (nSPS) is 27.6. The maximum Gasteiger partial charge on any atom is 0.0927 e. The molecule has 1 aliphatic heterocycles. The first-order valence-corrected chi connectivity index (χ1v) is 8.65. The quantitative estimate of drug-likeness (QED) is 0.910. The molecule has 21 heavy (non-hydrogen) atoms. The third-order valence-electron chi connectivity index (χ3n) is 5.64. The molecule has 1 saturated heterocycles. The number of likely N-dealkylation sites (tertiary alicyclic amines) is 1. The molecule has 1 N–H and O–H groups in total. The zero-order valence-electron chi connectivity index (χ0n) is 13.3.